The van der Waals surface area contributed by atoms with Gasteiger partial charge in [0.05, 0.1) is 21.3 Å². The average molecular weight is 306 g/mol. The predicted octanol–water partition coefficient (Wildman–Crippen LogP) is 1.68. The molecule has 0 aromatic heterocycles. The van der Waals surface area contributed by atoms with Crippen LogP contribution in [0, 0.1) is 0 Å². The molecule has 0 saturated heterocycles. The second-order valence-electron chi connectivity index (χ2n) is 4.58. The fourth-order valence-electron chi connectivity index (χ4n) is 2.28. The molecule has 118 valence electrons. The van der Waals surface area contributed by atoms with Gasteiger partial charge < -0.3 is 14.2 Å². The monoisotopic (exact) mass is 306 g/mol. The highest BCUT2D eigenvalue weighted by Crippen LogP contribution is 2.35. The van der Waals surface area contributed by atoms with Crippen LogP contribution in [0.3, 0.4) is 0 Å². The molecule has 0 spiro atoms. The summed E-state index contributed by atoms with van der Waals surface area (Å²) in [5.74, 6) is 1.21. The molecule has 1 aliphatic heterocycles. The Hall–Kier alpha value is -2.57. The van der Waals surface area contributed by atoms with Gasteiger partial charge in [0.1, 0.15) is 23.0 Å². The predicted molar refractivity (Wildman–Crippen MR) is 80.0 cm³/mol. The Labute approximate surface area is 128 Å². The Balaban J connectivity index is 2.39. The number of benzene rings is 1. The van der Waals surface area contributed by atoms with Crippen molar-refractivity contribution >= 4 is 17.6 Å². The Morgan fingerprint density at radius 2 is 1.64 bits per heavy atom. The lowest BCUT2D eigenvalue weighted by atomic mass is 10.0. The van der Waals surface area contributed by atoms with Crippen LogP contribution in [-0.2, 0) is 11.2 Å². The maximum absolute atomic E-state index is 12.1. The minimum atomic E-state index is -0.533. The number of urea groups is 1. The Bertz CT molecular complexity index is 614. The van der Waals surface area contributed by atoms with E-state index in [2.05, 4.69) is 4.99 Å². The fourth-order valence-corrected chi connectivity index (χ4v) is 2.28. The Morgan fingerprint density at radius 3 is 2.05 bits per heavy atom. The summed E-state index contributed by atoms with van der Waals surface area (Å²) in [4.78, 5) is 28.7. The molecule has 1 aromatic carbocycles. The molecular formula is C15H18N2O5. The van der Waals surface area contributed by atoms with Crippen molar-refractivity contribution < 1.29 is 23.8 Å². The molecule has 7 nitrogen and oxygen atoms in total. The van der Waals surface area contributed by atoms with Gasteiger partial charge in [0, 0.05) is 30.7 Å². The molecule has 0 fully saturated rings. The lowest BCUT2D eigenvalue weighted by Gasteiger charge is -2.15. The highest BCUT2D eigenvalue weighted by molar-refractivity contribution is 6.46. The molecule has 1 aromatic rings. The van der Waals surface area contributed by atoms with Gasteiger partial charge in [-0.3, -0.25) is 9.69 Å². The van der Waals surface area contributed by atoms with E-state index in [0.29, 0.717) is 29.4 Å². The van der Waals surface area contributed by atoms with E-state index in [1.807, 2.05) is 0 Å². The zero-order valence-corrected chi connectivity index (χ0v) is 13.0. The molecule has 1 aliphatic rings. The van der Waals surface area contributed by atoms with Gasteiger partial charge in [-0.2, -0.15) is 4.99 Å². The van der Waals surface area contributed by atoms with E-state index < -0.39 is 6.03 Å². The minimum absolute atomic E-state index is 0.150. The number of carbonyl (C=O) groups excluding carboxylic acids is 2. The van der Waals surface area contributed by atoms with Crippen LogP contribution < -0.4 is 14.2 Å². The van der Waals surface area contributed by atoms with Crippen LogP contribution in [0.4, 0.5) is 4.79 Å². The summed E-state index contributed by atoms with van der Waals surface area (Å²) in [5.41, 5.74) is 0.817. The van der Waals surface area contributed by atoms with Crippen molar-refractivity contribution in [3.63, 3.8) is 0 Å². The van der Waals surface area contributed by atoms with Crippen LogP contribution in [0.5, 0.6) is 17.2 Å². The number of hydrogen-bond acceptors (Lipinski definition) is 5. The second-order valence-corrected chi connectivity index (χ2v) is 4.58. The van der Waals surface area contributed by atoms with Crippen LogP contribution in [0.15, 0.2) is 17.1 Å². The number of nitrogens with zero attached hydrogens (tertiary/aromatic N) is 2. The molecule has 2 rings (SSSR count). The number of carbonyl (C=O) groups is 2. The lowest BCUT2D eigenvalue weighted by Crippen LogP contribution is -2.33. The average Bonchev–Trinajstić information content (AvgIpc) is 2.80. The van der Waals surface area contributed by atoms with Gasteiger partial charge in [-0.05, 0) is 6.92 Å². The van der Waals surface area contributed by atoms with Crippen molar-refractivity contribution in [3.8, 4) is 17.2 Å². The molecule has 1 heterocycles. The first kappa shape index (κ1) is 15.8. The standard InChI is InChI=1S/C15H18N2O5/c1-5-17-14(18)11(16-15(17)19)8-10-12(21-3)6-9(20-2)7-13(10)22-4/h6-7H,5,8H2,1-4H3. The molecule has 0 atom stereocenters. The van der Waals surface area contributed by atoms with Gasteiger partial charge in [-0.25, -0.2) is 4.79 Å². The molecule has 0 radical (unpaired) electrons. The number of aliphatic imine (C=N–C) groups is 1. The van der Waals surface area contributed by atoms with E-state index in [0.717, 1.165) is 4.90 Å². The summed E-state index contributed by atoms with van der Waals surface area (Å²) in [5, 5.41) is 0. The number of amides is 3. The van der Waals surface area contributed by atoms with Gasteiger partial charge in [0.15, 0.2) is 0 Å². The van der Waals surface area contributed by atoms with Crippen LogP contribution in [0.1, 0.15) is 12.5 Å². The lowest BCUT2D eigenvalue weighted by molar-refractivity contribution is -0.120. The Morgan fingerprint density at radius 1 is 1.05 bits per heavy atom. The summed E-state index contributed by atoms with van der Waals surface area (Å²) in [6.07, 6.45) is 0.150. The van der Waals surface area contributed by atoms with Crippen molar-refractivity contribution in [2.75, 3.05) is 27.9 Å². The maximum Gasteiger partial charge on any atom is 0.350 e. The zero-order chi connectivity index (χ0) is 16.3. The summed E-state index contributed by atoms with van der Waals surface area (Å²) in [6, 6.07) is 2.85. The molecule has 0 bridgehead atoms. The van der Waals surface area contributed by atoms with E-state index in [9.17, 15) is 9.59 Å². The number of methoxy groups -OCH3 is 3. The summed E-state index contributed by atoms with van der Waals surface area (Å²) in [6.45, 7) is 2.02. The smallest absolute Gasteiger partial charge is 0.350 e. The van der Waals surface area contributed by atoms with Crippen molar-refractivity contribution in [2.45, 2.75) is 13.3 Å². The minimum Gasteiger partial charge on any atom is -0.496 e. The van der Waals surface area contributed by atoms with Crippen LogP contribution in [0.25, 0.3) is 0 Å². The molecule has 0 unspecified atom stereocenters. The van der Waals surface area contributed by atoms with Crippen LogP contribution in [-0.4, -0.2) is 50.4 Å². The first-order valence-corrected chi connectivity index (χ1v) is 6.77. The number of hydrogen-bond donors (Lipinski definition) is 0. The van der Waals surface area contributed by atoms with Gasteiger partial charge in [-0.15, -0.1) is 0 Å². The van der Waals surface area contributed by atoms with Crippen molar-refractivity contribution in [2.24, 2.45) is 4.99 Å². The first-order valence-electron chi connectivity index (χ1n) is 6.77. The third kappa shape index (κ3) is 2.74. The van der Waals surface area contributed by atoms with E-state index in [-0.39, 0.29) is 18.0 Å². The summed E-state index contributed by atoms with van der Waals surface area (Å²) < 4.78 is 15.8. The SMILES string of the molecule is CCN1C(=O)N=C(Cc2c(OC)cc(OC)cc2OC)C1=O. The van der Waals surface area contributed by atoms with Gasteiger partial charge >= 0.3 is 6.03 Å². The van der Waals surface area contributed by atoms with Crippen molar-refractivity contribution in [3.05, 3.63) is 17.7 Å². The molecule has 0 saturated carbocycles. The van der Waals surface area contributed by atoms with Crippen LogP contribution >= 0.6 is 0 Å². The van der Waals surface area contributed by atoms with E-state index >= 15 is 0 Å². The molecule has 22 heavy (non-hydrogen) atoms. The molecule has 7 heteroatoms. The zero-order valence-electron chi connectivity index (χ0n) is 13.0. The first-order chi connectivity index (χ1) is 10.5. The van der Waals surface area contributed by atoms with Crippen molar-refractivity contribution in [1.82, 2.24) is 4.90 Å². The number of ether oxygens (including phenoxy) is 3. The van der Waals surface area contributed by atoms with E-state index in [4.69, 9.17) is 14.2 Å². The van der Waals surface area contributed by atoms with Gasteiger partial charge in [-0.1, -0.05) is 0 Å². The number of rotatable bonds is 6. The van der Waals surface area contributed by atoms with Gasteiger partial charge in [0.2, 0.25) is 0 Å². The Kier molecular flexibility index (Phi) is 4.65. The quantitative estimate of drug-likeness (QED) is 0.799. The van der Waals surface area contributed by atoms with Crippen molar-refractivity contribution in [1.29, 1.82) is 0 Å². The summed E-state index contributed by atoms with van der Waals surface area (Å²) >= 11 is 0. The normalized spacial score (nSPS) is 14.2. The second kappa shape index (κ2) is 6.46. The highest BCUT2D eigenvalue weighted by atomic mass is 16.5. The third-order valence-corrected chi connectivity index (χ3v) is 3.43. The number of imide groups is 1. The maximum atomic E-state index is 12.1. The van der Waals surface area contributed by atoms with Gasteiger partial charge in [0.25, 0.3) is 5.91 Å². The molecule has 3 amide bonds. The highest BCUT2D eigenvalue weighted by Gasteiger charge is 2.32. The fraction of sp³-hybridized carbons (Fsp3) is 0.400. The molecule has 0 N–H and O–H groups in total. The molecular weight excluding hydrogens is 288 g/mol. The third-order valence-electron chi connectivity index (χ3n) is 3.43. The van der Waals surface area contributed by atoms with E-state index in [1.54, 1.807) is 19.1 Å². The van der Waals surface area contributed by atoms with E-state index in [1.165, 1.54) is 21.3 Å². The molecule has 0 aliphatic carbocycles. The summed E-state index contributed by atoms with van der Waals surface area (Å²) in [7, 11) is 4.56. The largest absolute Gasteiger partial charge is 0.496 e. The topological polar surface area (TPSA) is 77.4 Å². The van der Waals surface area contributed by atoms with Crippen LogP contribution in [0.2, 0.25) is 0 Å².